The van der Waals surface area contributed by atoms with Crippen molar-refractivity contribution in [2.75, 3.05) is 82.8 Å². The van der Waals surface area contributed by atoms with Gasteiger partial charge in [0.1, 0.15) is 23.5 Å². The maximum atomic E-state index is 12.3. The zero-order valence-electron chi connectivity index (χ0n) is 36.2. The van der Waals surface area contributed by atoms with Crippen molar-refractivity contribution in [3.63, 3.8) is 0 Å². The molecule has 4 heterocycles. The number of hydrogen-bond acceptors (Lipinski definition) is 20. The number of aliphatic carboxylic acids is 4. The van der Waals surface area contributed by atoms with E-state index in [4.69, 9.17) is 21.7 Å². The minimum Gasteiger partial charge on any atom is -0.550 e. The average molecular weight is 982 g/mol. The molecule has 4 unspecified atom stereocenters. The third-order valence-corrected chi connectivity index (χ3v) is 10.5. The zero-order chi connectivity index (χ0) is 48.2. The largest absolute Gasteiger partial charge is 2.00 e. The SMILES string of the molecule is CN1c2c(nc(N)[nH]c2=O)NCC1CNc1ccc(C(=O)NC(CCC(=O)[O-])C(=O)O)cc1.CN1c2c(nc(N)[nH]c2=O)NCC1CNc1ccc(C(=O)NC(CCC(=O)[O-])C(=O)O)cc1.[Zn+2]. The molecule has 67 heavy (non-hydrogen) atoms. The van der Waals surface area contributed by atoms with Gasteiger partial charge in [0.05, 0.1) is 12.1 Å². The van der Waals surface area contributed by atoms with Crippen molar-refractivity contribution in [2.45, 2.75) is 49.9 Å². The Kier molecular flexibility index (Phi) is 18.0. The van der Waals surface area contributed by atoms with Crippen molar-refractivity contribution in [1.29, 1.82) is 0 Å². The number of carbonyl (C=O) groups is 6. The third-order valence-electron chi connectivity index (χ3n) is 10.5. The van der Waals surface area contributed by atoms with Gasteiger partial charge in [0.2, 0.25) is 11.9 Å². The molecule has 14 N–H and O–H groups in total. The van der Waals surface area contributed by atoms with E-state index in [0.717, 1.165) is 0 Å². The Balaban J connectivity index is 0.000000288. The second-order valence-electron chi connectivity index (χ2n) is 15.1. The molecule has 0 saturated carbocycles. The molecule has 0 saturated heterocycles. The number of nitrogens with one attached hydrogen (secondary N) is 8. The quantitative estimate of drug-likeness (QED) is 0.0437. The number of likely N-dealkylation sites (N-methyl/N-ethyl adjacent to an activating group) is 2. The molecule has 0 radical (unpaired) electrons. The van der Waals surface area contributed by atoms with Gasteiger partial charge in [-0.15, -0.1) is 0 Å². The molecule has 352 valence electrons. The summed E-state index contributed by atoms with van der Waals surface area (Å²) in [7, 11) is 3.57. The van der Waals surface area contributed by atoms with E-state index in [1.807, 2.05) is 9.80 Å². The molecule has 4 atom stereocenters. The van der Waals surface area contributed by atoms with Crippen LogP contribution in [0.4, 0.5) is 46.3 Å². The average Bonchev–Trinajstić information content (AvgIpc) is 3.25. The van der Waals surface area contributed by atoms with E-state index in [-0.39, 0.29) is 78.5 Å². The number of anilines is 8. The van der Waals surface area contributed by atoms with E-state index in [9.17, 15) is 48.6 Å². The van der Waals surface area contributed by atoms with Gasteiger partial charge in [0.25, 0.3) is 22.9 Å². The number of nitrogens with two attached hydrogens (primary N) is 2. The molecule has 0 bridgehead atoms. The minimum absolute atomic E-state index is 0. The number of aromatic amines is 2. The van der Waals surface area contributed by atoms with Crippen LogP contribution in [0.3, 0.4) is 0 Å². The van der Waals surface area contributed by atoms with Gasteiger partial charge < -0.3 is 83.2 Å². The fraction of sp³-hybridized carbons (Fsp3) is 0.350. The summed E-state index contributed by atoms with van der Waals surface area (Å²) in [5, 5.41) is 56.7. The molecule has 2 aromatic heterocycles. The first-order valence-corrected chi connectivity index (χ1v) is 20.2. The number of fused-ring (bicyclic) bond motifs is 2. The van der Waals surface area contributed by atoms with E-state index >= 15 is 0 Å². The summed E-state index contributed by atoms with van der Waals surface area (Å²) in [6.07, 6.45) is -1.52. The van der Waals surface area contributed by atoms with Crippen LogP contribution in [-0.2, 0) is 38.7 Å². The van der Waals surface area contributed by atoms with Crippen molar-refractivity contribution in [1.82, 2.24) is 30.6 Å². The monoisotopic (exact) mass is 980 g/mol. The van der Waals surface area contributed by atoms with Crippen LogP contribution in [0.1, 0.15) is 46.4 Å². The van der Waals surface area contributed by atoms with Crippen LogP contribution in [0.2, 0.25) is 0 Å². The number of hydrogen-bond donors (Lipinski definition) is 12. The number of nitrogens with zero attached hydrogens (tertiary/aromatic N) is 4. The summed E-state index contributed by atoms with van der Waals surface area (Å²) in [6.45, 7) is 2.00. The predicted molar refractivity (Wildman–Crippen MR) is 236 cm³/mol. The number of rotatable bonds is 18. The number of carboxylic acids is 4. The summed E-state index contributed by atoms with van der Waals surface area (Å²) in [5.41, 5.74) is 13.1. The van der Waals surface area contributed by atoms with Gasteiger partial charge in [-0.25, -0.2) is 9.59 Å². The molecule has 26 nitrogen and oxygen atoms in total. The fourth-order valence-corrected chi connectivity index (χ4v) is 6.83. The number of benzene rings is 2. The molecule has 0 spiro atoms. The molecule has 0 fully saturated rings. The molecule has 2 amide bonds. The number of H-pyrrole nitrogens is 2. The Morgan fingerprint density at radius 2 is 1.01 bits per heavy atom. The van der Waals surface area contributed by atoms with Gasteiger partial charge in [0, 0.05) is 74.7 Å². The number of amides is 2. The van der Waals surface area contributed by atoms with Crippen molar-refractivity contribution >= 4 is 82.0 Å². The molecule has 0 aliphatic carbocycles. The van der Waals surface area contributed by atoms with E-state index in [1.165, 1.54) is 24.3 Å². The Morgan fingerprint density at radius 3 is 1.33 bits per heavy atom. The zero-order valence-corrected chi connectivity index (χ0v) is 39.2. The Morgan fingerprint density at radius 1 is 0.672 bits per heavy atom. The Hall–Kier alpha value is -7.96. The second kappa shape index (κ2) is 23.3. The summed E-state index contributed by atoms with van der Waals surface area (Å²) >= 11 is 0. The molecular formula is C40H48N14O12Zn. The normalized spacial score (nSPS) is 15.4. The third kappa shape index (κ3) is 14.0. The van der Waals surface area contributed by atoms with Gasteiger partial charge in [-0.1, -0.05) is 0 Å². The summed E-state index contributed by atoms with van der Waals surface area (Å²) in [5.74, 6) is -5.79. The maximum absolute atomic E-state index is 12.3. The van der Waals surface area contributed by atoms with Crippen LogP contribution in [-0.4, -0.2) is 130 Å². The van der Waals surface area contributed by atoms with Gasteiger partial charge in [0.15, 0.2) is 11.6 Å². The van der Waals surface area contributed by atoms with Gasteiger partial charge in [-0.05, 0) is 74.2 Å². The van der Waals surface area contributed by atoms with Crippen LogP contribution < -0.4 is 74.5 Å². The topological polar surface area (TPSA) is 411 Å². The molecule has 2 aromatic carbocycles. The molecule has 4 aromatic rings. The van der Waals surface area contributed by atoms with Crippen molar-refractivity contribution in [3.05, 3.63) is 80.4 Å². The molecule has 2 aliphatic rings. The molecule has 27 heteroatoms. The van der Waals surface area contributed by atoms with Gasteiger partial charge >= 0.3 is 31.4 Å². The first-order chi connectivity index (χ1) is 31.3. The van der Waals surface area contributed by atoms with Crippen LogP contribution >= 0.6 is 0 Å². The van der Waals surface area contributed by atoms with Crippen molar-refractivity contribution in [2.24, 2.45) is 0 Å². The fourth-order valence-electron chi connectivity index (χ4n) is 6.83. The summed E-state index contributed by atoms with van der Waals surface area (Å²) in [6, 6.07) is 9.88. The van der Waals surface area contributed by atoms with Crippen molar-refractivity contribution in [3.8, 4) is 0 Å². The molecule has 6 rings (SSSR count). The van der Waals surface area contributed by atoms with E-state index in [1.54, 1.807) is 38.4 Å². The number of nitrogen functional groups attached to an aromatic ring is 2. The van der Waals surface area contributed by atoms with Crippen LogP contribution in [0.25, 0.3) is 0 Å². The van der Waals surface area contributed by atoms with Crippen LogP contribution in [0.5, 0.6) is 0 Å². The summed E-state index contributed by atoms with van der Waals surface area (Å²) in [4.78, 5) is 109. The maximum Gasteiger partial charge on any atom is 2.00 e. The van der Waals surface area contributed by atoms with E-state index in [0.29, 0.717) is 60.6 Å². The first-order valence-electron chi connectivity index (χ1n) is 20.2. The number of carbonyl (C=O) groups excluding carboxylic acids is 4. The number of carboxylic acid groups (broad SMARTS) is 4. The smallest absolute Gasteiger partial charge is 0.550 e. The Bertz CT molecular complexity index is 2380. The van der Waals surface area contributed by atoms with E-state index in [2.05, 4.69) is 51.8 Å². The first kappa shape index (κ1) is 51.7. The van der Waals surface area contributed by atoms with Gasteiger partial charge in [-0.2, -0.15) is 9.97 Å². The predicted octanol–water partition coefficient (Wildman–Crippen LogP) is -3.19. The van der Waals surface area contributed by atoms with Gasteiger partial charge in [-0.3, -0.25) is 29.1 Å². The summed E-state index contributed by atoms with van der Waals surface area (Å²) < 4.78 is 0. The molecule has 2 aliphatic heterocycles. The second-order valence-corrected chi connectivity index (χ2v) is 15.1. The minimum atomic E-state index is -1.39. The van der Waals surface area contributed by atoms with Crippen LogP contribution in [0.15, 0.2) is 58.1 Å². The van der Waals surface area contributed by atoms with Crippen LogP contribution in [0, 0.1) is 0 Å². The standard InChI is InChI=1S/2C20H25N7O6.Zn/c2*1-27-12(9-23-16-15(27)18(31)26-20(21)25-16)8-22-11-4-2-10(3-5-11)17(30)24-13(19(32)33)6-7-14(28)29;/h2*2-5,12-13,22H,6-9H2,1H3,(H,24,30)(H,28,29)(H,32,33)(H4,21,23,25,26,31);/q;;+2/p-2. The van der Waals surface area contributed by atoms with E-state index < -0.39 is 60.6 Å². The molecular weight excluding hydrogens is 934 g/mol. The van der Waals surface area contributed by atoms with Crippen molar-refractivity contribution < 1.29 is 68.7 Å². The Labute approximate surface area is 393 Å². The number of aromatic nitrogens is 4.